The van der Waals surface area contributed by atoms with Gasteiger partial charge < -0.3 is 24.7 Å². The molecule has 0 spiro atoms. The van der Waals surface area contributed by atoms with Gasteiger partial charge in [0.1, 0.15) is 24.2 Å². The summed E-state index contributed by atoms with van der Waals surface area (Å²) in [4.78, 5) is 57.6. The van der Waals surface area contributed by atoms with Gasteiger partial charge in [0.25, 0.3) is 5.91 Å². The van der Waals surface area contributed by atoms with E-state index in [1.807, 2.05) is 65.4 Å². The molecule has 0 aliphatic carbocycles. The maximum Gasteiger partial charge on any atom is 0.412 e. The van der Waals surface area contributed by atoms with Crippen LogP contribution in [0, 0.1) is 0 Å². The van der Waals surface area contributed by atoms with E-state index in [2.05, 4.69) is 46.8 Å². The second-order valence-corrected chi connectivity index (χ2v) is 13.6. The van der Waals surface area contributed by atoms with Gasteiger partial charge in [-0.1, -0.05) is 91.0 Å². The van der Waals surface area contributed by atoms with Crippen molar-refractivity contribution in [2.24, 2.45) is 5.73 Å². The van der Waals surface area contributed by atoms with Crippen LogP contribution in [0.25, 0.3) is 10.9 Å². The molecule has 6 aromatic rings. The van der Waals surface area contributed by atoms with Crippen molar-refractivity contribution in [3.63, 3.8) is 0 Å². The molecule has 0 atom stereocenters. The molecule has 0 bridgehead atoms. The number of nitrogens with zero attached hydrogens (tertiary/aromatic N) is 5. The number of fused-ring (bicyclic) bond motifs is 1. The van der Waals surface area contributed by atoms with Crippen molar-refractivity contribution in [3.05, 3.63) is 150 Å². The van der Waals surface area contributed by atoms with Crippen LogP contribution in [0.4, 0.5) is 10.5 Å². The highest BCUT2D eigenvalue weighted by Crippen LogP contribution is 2.40. The number of primary amides is 1. The molecular formula is C41H41N7O6. The standard InChI is InChI=1S/C41H41N7O6/c1-40(2,3)54-39(52)44-31-20-21-34-33(22-31)37(38(42)51)45-48(34)25-35(49)46(26-36(50)53-4)23-32-24-47(27-43-32)41(28-14-8-5-9-15-28,29-16-10-6-11-17-29)30-18-12-7-13-19-30/h5-22,24,27H,23,25-26H2,1-4H3,(H2,42,51)(H,44,52). The summed E-state index contributed by atoms with van der Waals surface area (Å²) in [6.45, 7) is 4.47. The van der Waals surface area contributed by atoms with E-state index in [1.165, 1.54) is 22.8 Å². The third kappa shape index (κ3) is 7.84. The number of aromatic nitrogens is 4. The van der Waals surface area contributed by atoms with E-state index in [-0.39, 0.29) is 25.3 Å². The lowest BCUT2D eigenvalue weighted by Crippen LogP contribution is -2.38. The molecule has 13 heteroatoms. The Hall–Kier alpha value is -6.76. The van der Waals surface area contributed by atoms with Gasteiger partial charge in [-0.15, -0.1) is 0 Å². The lowest BCUT2D eigenvalue weighted by atomic mass is 9.77. The number of hydrogen-bond acceptors (Lipinski definition) is 8. The first-order valence-electron chi connectivity index (χ1n) is 17.2. The van der Waals surface area contributed by atoms with Gasteiger partial charge in [0.15, 0.2) is 5.69 Å². The van der Waals surface area contributed by atoms with Gasteiger partial charge in [-0.3, -0.25) is 24.4 Å². The average molecular weight is 728 g/mol. The number of hydrogen-bond donors (Lipinski definition) is 2. The van der Waals surface area contributed by atoms with Crippen LogP contribution < -0.4 is 11.1 Å². The number of rotatable bonds is 12. The van der Waals surface area contributed by atoms with Crippen molar-refractivity contribution in [2.45, 2.75) is 45.0 Å². The smallest absolute Gasteiger partial charge is 0.412 e. The fourth-order valence-electron chi connectivity index (χ4n) is 6.47. The summed E-state index contributed by atoms with van der Waals surface area (Å²) in [5.41, 5.74) is 8.27. The number of ether oxygens (including phenoxy) is 2. The third-order valence-electron chi connectivity index (χ3n) is 8.77. The molecule has 13 nitrogen and oxygen atoms in total. The summed E-state index contributed by atoms with van der Waals surface area (Å²) in [7, 11) is 1.25. The largest absolute Gasteiger partial charge is 0.468 e. The molecule has 0 radical (unpaired) electrons. The minimum Gasteiger partial charge on any atom is -0.468 e. The first-order valence-corrected chi connectivity index (χ1v) is 17.2. The number of methoxy groups -OCH3 is 1. The van der Waals surface area contributed by atoms with Crippen molar-refractivity contribution >= 4 is 40.5 Å². The lowest BCUT2D eigenvalue weighted by molar-refractivity contribution is -0.147. The Labute approximate surface area is 312 Å². The van der Waals surface area contributed by atoms with Crippen LogP contribution in [0.2, 0.25) is 0 Å². The summed E-state index contributed by atoms with van der Waals surface area (Å²) >= 11 is 0. The predicted molar refractivity (Wildman–Crippen MR) is 202 cm³/mol. The summed E-state index contributed by atoms with van der Waals surface area (Å²) in [6, 6.07) is 35.0. The molecule has 3 amide bonds. The van der Waals surface area contributed by atoms with Gasteiger partial charge in [-0.25, -0.2) is 9.78 Å². The summed E-state index contributed by atoms with van der Waals surface area (Å²) in [6.07, 6.45) is 2.92. The van der Waals surface area contributed by atoms with Gasteiger partial charge in [-0.2, -0.15) is 5.10 Å². The molecule has 3 N–H and O–H groups in total. The van der Waals surface area contributed by atoms with Crippen LogP contribution in [-0.4, -0.2) is 67.4 Å². The number of nitrogens with one attached hydrogen (secondary N) is 1. The van der Waals surface area contributed by atoms with Gasteiger partial charge >= 0.3 is 12.1 Å². The molecule has 276 valence electrons. The van der Waals surface area contributed by atoms with Gasteiger partial charge in [0, 0.05) is 17.3 Å². The molecule has 0 fully saturated rings. The van der Waals surface area contributed by atoms with Crippen molar-refractivity contribution in [1.29, 1.82) is 0 Å². The van der Waals surface area contributed by atoms with E-state index in [0.717, 1.165) is 16.7 Å². The number of carbonyl (C=O) groups is 4. The Balaban J connectivity index is 1.34. The van der Waals surface area contributed by atoms with E-state index in [4.69, 9.17) is 20.2 Å². The molecule has 6 rings (SSSR count). The minimum absolute atomic E-state index is 0.0405. The van der Waals surface area contributed by atoms with Crippen molar-refractivity contribution in [2.75, 3.05) is 19.0 Å². The highest BCUT2D eigenvalue weighted by atomic mass is 16.6. The van der Waals surface area contributed by atoms with Gasteiger partial charge in [0.05, 0.1) is 31.2 Å². The number of amides is 3. The second-order valence-electron chi connectivity index (χ2n) is 13.6. The molecule has 2 aromatic heterocycles. The average Bonchev–Trinajstić information content (AvgIpc) is 3.77. The predicted octanol–water partition coefficient (Wildman–Crippen LogP) is 5.72. The van der Waals surface area contributed by atoms with Crippen molar-refractivity contribution in [3.8, 4) is 0 Å². The molecular weight excluding hydrogens is 686 g/mol. The van der Waals surface area contributed by atoms with Crippen molar-refractivity contribution < 1.29 is 28.7 Å². The molecule has 0 unspecified atom stereocenters. The maximum atomic E-state index is 14.0. The Kier molecular flexibility index (Phi) is 10.6. The fourth-order valence-corrected chi connectivity index (χ4v) is 6.47. The zero-order chi connectivity index (χ0) is 38.5. The third-order valence-corrected chi connectivity index (χ3v) is 8.77. The van der Waals surface area contributed by atoms with Gasteiger partial charge in [-0.05, 0) is 55.7 Å². The normalized spacial score (nSPS) is 11.6. The Morgan fingerprint density at radius 3 is 1.93 bits per heavy atom. The summed E-state index contributed by atoms with van der Waals surface area (Å²) < 4.78 is 13.6. The molecule has 0 aliphatic rings. The molecule has 0 saturated heterocycles. The van der Waals surface area contributed by atoms with Crippen LogP contribution in [0.3, 0.4) is 0 Å². The Morgan fingerprint density at radius 1 is 0.833 bits per heavy atom. The number of imidazole rings is 1. The topological polar surface area (TPSA) is 164 Å². The number of carbonyl (C=O) groups excluding carboxylic acids is 4. The first-order chi connectivity index (χ1) is 25.9. The van der Waals surface area contributed by atoms with Crippen LogP contribution in [0.1, 0.15) is 53.6 Å². The molecule has 4 aromatic carbocycles. The highest BCUT2D eigenvalue weighted by Gasteiger charge is 2.38. The SMILES string of the molecule is COC(=O)CN(Cc1cn(C(c2ccccc2)(c2ccccc2)c2ccccc2)cn1)C(=O)Cn1nc(C(N)=O)c2cc(NC(=O)OC(C)(C)C)ccc21. The Morgan fingerprint density at radius 2 is 1.41 bits per heavy atom. The molecule has 54 heavy (non-hydrogen) atoms. The monoisotopic (exact) mass is 727 g/mol. The van der Waals surface area contributed by atoms with Crippen LogP contribution in [-0.2, 0) is 37.7 Å². The zero-order valence-corrected chi connectivity index (χ0v) is 30.4. The number of nitrogens with two attached hydrogens (primary N) is 1. The second kappa shape index (κ2) is 15.5. The number of benzene rings is 4. The van der Waals surface area contributed by atoms with Crippen LogP contribution in [0.15, 0.2) is 122 Å². The number of anilines is 1. The zero-order valence-electron chi connectivity index (χ0n) is 30.4. The molecule has 0 saturated carbocycles. The quantitative estimate of drug-likeness (QED) is 0.119. The van der Waals surface area contributed by atoms with Gasteiger partial charge in [0.2, 0.25) is 5.91 Å². The van der Waals surface area contributed by atoms with E-state index in [9.17, 15) is 19.2 Å². The summed E-state index contributed by atoms with van der Waals surface area (Å²) in [5, 5.41) is 7.31. The highest BCUT2D eigenvalue weighted by molar-refractivity contribution is 6.05. The molecule has 0 aliphatic heterocycles. The van der Waals surface area contributed by atoms with Crippen LogP contribution in [0.5, 0.6) is 0 Å². The van der Waals surface area contributed by atoms with E-state index >= 15 is 0 Å². The van der Waals surface area contributed by atoms with E-state index < -0.39 is 35.0 Å². The van der Waals surface area contributed by atoms with Crippen molar-refractivity contribution in [1.82, 2.24) is 24.2 Å². The van der Waals surface area contributed by atoms with E-state index in [0.29, 0.717) is 22.3 Å². The lowest BCUT2D eigenvalue weighted by Gasteiger charge is -2.37. The molecule has 2 heterocycles. The summed E-state index contributed by atoms with van der Waals surface area (Å²) in [5.74, 6) is -1.95. The Bertz CT molecular complexity index is 2180. The minimum atomic E-state index is -0.831. The van der Waals surface area contributed by atoms with E-state index in [1.54, 1.807) is 39.2 Å². The first kappa shape index (κ1) is 37.0. The fraction of sp³-hybridized carbons (Fsp3) is 0.220. The maximum absolute atomic E-state index is 14.0. The van der Waals surface area contributed by atoms with Crippen LogP contribution >= 0.6 is 0 Å². The number of esters is 1.